The summed E-state index contributed by atoms with van der Waals surface area (Å²) in [4.78, 5) is 0. The lowest BCUT2D eigenvalue weighted by Crippen LogP contribution is -2.29. The summed E-state index contributed by atoms with van der Waals surface area (Å²) in [7, 11) is 0. The summed E-state index contributed by atoms with van der Waals surface area (Å²) in [5.74, 6) is 3.02. The fourth-order valence-corrected chi connectivity index (χ4v) is 10.6. The highest BCUT2D eigenvalue weighted by molar-refractivity contribution is 5.93. The number of para-hydroxylation sites is 1. The Labute approximate surface area is 431 Å². The third-order valence-electron chi connectivity index (χ3n) is 14.0. The molecule has 3 aliphatic rings. The molecule has 0 saturated heterocycles. The first kappa shape index (κ1) is 47.9. The van der Waals surface area contributed by atoms with Crippen molar-refractivity contribution in [1.82, 2.24) is 0 Å². The van der Waals surface area contributed by atoms with Crippen molar-refractivity contribution in [3.8, 4) is 56.4 Å². The molecule has 0 aromatic heterocycles. The van der Waals surface area contributed by atoms with E-state index < -0.39 is 5.41 Å². The van der Waals surface area contributed by atoms with E-state index in [9.17, 15) is 0 Å². The minimum absolute atomic E-state index is 0.0233. The zero-order valence-electron chi connectivity index (χ0n) is 41.3. The molecule has 0 saturated carbocycles. The highest BCUT2D eigenvalue weighted by Gasteiger charge is 2.49. The molecule has 1 unspecified atom stereocenters. The fourth-order valence-electron chi connectivity index (χ4n) is 10.6. The summed E-state index contributed by atoms with van der Waals surface area (Å²) in [6.45, 7) is 10.3. The molecule has 9 aromatic rings. The van der Waals surface area contributed by atoms with Crippen LogP contribution in [0.25, 0.3) is 39.0 Å². The number of hydrogen-bond donors (Lipinski definition) is 1. The average Bonchev–Trinajstić information content (AvgIpc) is 3.79. The molecule has 1 atom stereocenters. The molecule has 1 aliphatic heterocycles. The van der Waals surface area contributed by atoms with Gasteiger partial charge in [-0.3, -0.25) is 0 Å². The van der Waals surface area contributed by atoms with Gasteiger partial charge in [0.2, 0.25) is 0 Å². The van der Waals surface area contributed by atoms with Crippen LogP contribution >= 0.6 is 0 Å². The van der Waals surface area contributed by atoms with Gasteiger partial charge in [-0.2, -0.15) is 0 Å². The highest BCUT2D eigenvalue weighted by atomic mass is 16.6. The number of nitrogens with two attached hydrogens (primary N) is 1. The van der Waals surface area contributed by atoms with E-state index in [4.69, 9.17) is 15.2 Å². The topological polar surface area (TPSA) is 44.5 Å². The monoisotopic (exact) mass is 945 g/mol. The van der Waals surface area contributed by atoms with Gasteiger partial charge in [-0.25, -0.2) is 0 Å². The van der Waals surface area contributed by atoms with Crippen molar-refractivity contribution >= 4 is 5.57 Å². The van der Waals surface area contributed by atoms with Crippen LogP contribution in [0, 0.1) is 0 Å². The molecule has 0 amide bonds. The number of hydrogen-bond acceptors (Lipinski definition) is 3. The Morgan fingerprint density at radius 1 is 0.548 bits per heavy atom. The molecule has 12 rings (SSSR count). The Balaban J connectivity index is 0.000000271. The van der Waals surface area contributed by atoms with Crippen LogP contribution in [-0.2, 0) is 12.0 Å². The van der Waals surface area contributed by atoms with E-state index in [1.54, 1.807) is 6.08 Å². The second-order valence-corrected chi connectivity index (χ2v) is 18.3. The predicted molar refractivity (Wildman–Crippen MR) is 305 cm³/mol. The van der Waals surface area contributed by atoms with Gasteiger partial charge in [0.25, 0.3) is 0 Å². The van der Waals surface area contributed by atoms with Crippen LogP contribution in [0.15, 0.2) is 280 Å². The van der Waals surface area contributed by atoms with E-state index in [1.807, 2.05) is 61.5 Å². The van der Waals surface area contributed by atoms with Gasteiger partial charge in [0, 0.05) is 23.6 Å². The highest BCUT2D eigenvalue weighted by Crippen LogP contribution is 2.62. The lowest BCUT2D eigenvalue weighted by atomic mass is 9.66. The van der Waals surface area contributed by atoms with Gasteiger partial charge in [-0.05, 0) is 110 Å². The molecular formula is C70H59NO2. The summed E-state index contributed by atoms with van der Waals surface area (Å²) in [6, 6.07) is 79.1. The number of rotatable bonds is 10. The minimum atomic E-state index is -0.465. The van der Waals surface area contributed by atoms with Gasteiger partial charge in [0.1, 0.15) is 0 Å². The van der Waals surface area contributed by atoms with Crippen LogP contribution in [0.4, 0.5) is 0 Å². The van der Waals surface area contributed by atoms with Crippen molar-refractivity contribution in [2.24, 2.45) is 5.73 Å². The number of fused-ring (bicyclic) bond motifs is 5. The second kappa shape index (κ2) is 22.1. The molecule has 2 aliphatic carbocycles. The lowest BCUT2D eigenvalue weighted by Gasteiger charge is -2.35. The molecule has 3 heteroatoms. The third-order valence-corrected chi connectivity index (χ3v) is 14.0. The number of allylic oxidation sites excluding steroid dienone is 8. The van der Waals surface area contributed by atoms with E-state index in [0.717, 1.165) is 52.5 Å². The van der Waals surface area contributed by atoms with Gasteiger partial charge >= 0.3 is 0 Å². The normalized spacial score (nSPS) is 13.8. The molecule has 0 bridgehead atoms. The van der Waals surface area contributed by atoms with Crippen molar-refractivity contribution in [1.29, 1.82) is 0 Å². The summed E-state index contributed by atoms with van der Waals surface area (Å²) >= 11 is 0. The average molecular weight is 946 g/mol. The summed E-state index contributed by atoms with van der Waals surface area (Å²) < 4.78 is 14.0. The van der Waals surface area contributed by atoms with Crippen molar-refractivity contribution in [3.05, 3.63) is 319 Å². The standard InChI is InChI=1S/C52H38O2.C13H13N.C5H8/c1-2-42(37-20-14-19-36(33-37)35-17-6-3-7-18-35)38-21-15-22-39(34-38)43-28-16-30-47-50(43)53-48-32-31-46-49(51(48)54-47)44-27-12-13-29-45(44)52(46,40-23-8-4-9-24-40)41-25-10-5-11-26-41;14-10-11-5-4-8-13(9-11)12-6-2-1-3-7-12;1-3-5-4-2/h2-11,13-26,28-34,42H,1,12,27H2;1-9H,10,14H2;3-5H,1H2,2H3/b;;5-4-. The Kier molecular flexibility index (Phi) is 14.5. The zero-order chi connectivity index (χ0) is 50.0. The van der Waals surface area contributed by atoms with Crippen LogP contribution in [0.3, 0.4) is 0 Å². The van der Waals surface area contributed by atoms with Gasteiger partial charge in [-0.1, -0.05) is 249 Å². The molecule has 0 radical (unpaired) electrons. The van der Waals surface area contributed by atoms with Crippen LogP contribution in [-0.4, -0.2) is 0 Å². The number of ether oxygens (including phenoxy) is 2. The van der Waals surface area contributed by atoms with Gasteiger partial charge in [0.15, 0.2) is 23.0 Å². The predicted octanol–water partition coefficient (Wildman–Crippen LogP) is 18.2. The maximum Gasteiger partial charge on any atom is 0.177 e. The molecule has 0 spiro atoms. The Bertz CT molecular complexity index is 3440. The van der Waals surface area contributed by atoms with Crippen molar-refractivity contribution in [2.45, 2.75) is 37.6 Å². The summed E-state index contributed by atoms with van der Waals surface area (Å²) in [6.07, 6.45) is 14.2. The first-order valence-corrected chi connectivity index (χ1v) is 25.2. The first-order chi connectivity index (χ1) is 36.0. The molecular weight excluding hydrogens is 887 g/mol. The van der Waals surface area contributed by atoms with E-state index in [1.165, 1.54) is 66.8 Å². The van der Waals surface area contributed by atoms with Crippen molar-refractivity contribution in [3.63, 3.8) is 0 Å². The van der Waals surface area contributed by atoms with E-state index in [-0.39, 0.29) is 5.92 Å². The van der Waals surface area contributed by atoms with Crippen molar-refractivity contribution < 1.29 is 9.47 Å². The molecule has 2 N–H and O–H groups in total. The van der Waals surface area contributed by atoms with Crippen LogP contribution in [0.2, 0.25) is 0 Å². The van der Waals surface area contributed by atoms with Crippen LogP contribution in [0.5, 0.6) is 23.0 Å². The van der Waals surface area contributed by atoms with Crippen LogP contribution in [0.1, 0.15) is 64.6 Å². The molecule has 356 valence electrons. The SMILES string of the molecule is C=C/C=C\C.C=CC(c1cccc(-c2ccccc2)c1)c1cccc(-c2cccc3c2Oc2ccc4c(c2O3)C2=C(C=CCC2)C4(c2ccccc2)c2ccccc2)c1.NCc1cccc(-c2ccccc2)c1. The Hall–Kier alpha value is -8.76. The van der Waals surface area contributed by atoms with E-state index >= 15 is 0 Å². The quantitative estimate of drug-likeness (QED) is 0.110. The zero-order valence-corrected chi connectivity index (χ0v) is 41.3. The number of benzene rings is 9. The molecule has 73 heavy (non-hydrogen) atoms. The molecule has 0 fully saturated rings. The third kappa shape index (κ3) is 9.59. The van der Waals surface area contributed by atoms with E-state index in [2.05, 4.69) is 213 Å². The summed E-state index contributed by atoms with van der Waals surface area (Å²) in [5, 5.41) is 0. The Morgan fingerprint density at radius 2 is 1.08 bits per heavy atom. The Morgan fingerprint density at radius 3 is 1.67 bits per heavy atom. The maximum atomic E-state index is 7.02. The molecule has 1 heterocycles. The second-order valence-electron chi connectivity index (χ2n) is 18.3. The molecule has 9 aromatic carbocycles. The smallest absolute Gasteiger partial charge is 0.177 e. The minimum Gasteiger partial charge on any atom is -0.449 e. The summed E-state index contributed by atoms with van der Waals surface area (Å²) in [5.41, 5.74) is 23.1. The molecule has 3 nitrogen and oxygen atoms in total. The van der Waals surface area contributed by atoms with Crippen LogP contribution < -0.4 is 15.2 Å². The van der Waals surface area contributed by atoms with Gasteiger partial charge in [0.05, 0.1) is 5.41 Å². The lowest BCUT2D eigenvalue weighted by molar-refractivity contribution is 0.359. The van der Waals surface area contributed by atoms with Gasteiger partial charge < -0.3 is 15.2 Å². The van der Waals surface area contributed by atoms with Crippen molar-refractivity contribution in [2.75, 3.05) is 0 Å². The van der Waals surface area contributed by atoms with E-state index in [0.29, 0.717) is 6.54 Å². The maximum absolute atomic E-state index is 7.02. The fraction of sp³-hybridized carbons (Fsp3) is 0.0857. The largest absolute Gasteiger partial charge is 0.449 e. The van der Waals surface area contributed by atoms with Gasteiger partial charge in [-0.15, -0.1) is 6.58 Å². The first-order valence-electron chi connectivity index (χ1n) is 25.2.